The van der Waals surface area contributed by atoms with Crippen molar-refractivity contribution in [3.8, 4) is 5.75 Å². The Bertz CT molecular complexity index is 536. The topological polar surface area (TPSA) is 38.3 Å². The molecular formula is C19H28FNO2. The highest BCUT2D eigenvalue weighted by Gasteiger charge is 2.31. The van der Waals surface area contributed by atoms with E-state index in [0.29, 0.717) is 30.7 Å². The number of ether oxygens (including phenoxy) is 1. The summed E-state index contributed by atoms with van der Waals surface area (Å²) in [6, 6.07) is 5.75. The zero-order valence-corrected chi connectivity index (χ0v) is 14.6. The maximum absolute atomic E-state index is 13.8. The van der Waals surface area contributed by atoms with Crippen molar-refractivity contribution in [3.63, 3.8) is 0 Å². The second-order valence-electron chi connectivity index (χ2n) is 7.15. The maximum atomic E-state index is 13.8. The summed E-state index contributed by atoms with van der Waals surface area (Å²) < 4.78 is 19.6. The summed E-state index contributed by atoms with van der Waals surface area (Å²) in [5, 5.41) is 3.47. The standard InChI is InChI=1S/C19H28FNO2/c1-12(2)19(22)6-5-14-7-15(20)9-17(8-14)23-18-10-16(11-18)21-13(3)4/h7-9,12-13,16,18,21H,5-6,10-11H2,1-4H3/t16-,18+. The lowest BCUT2D eigenvalue weighted by Crippen LogP contribution is -2.49. The predicted molar refractivity (Wildman–Crippen MR) is 90.3 cm³/mol. The number of carbonyl (C=O) groups excluding carboxylic acids is 1. The quantitative estimate of drug-likeness (QED) is 0.789. The number of Topliss-reactive ketones (excluding diaryl/α,β-unsaturated/α-hetero) is 1. The Balaban J connectivity index is 1.87. The molecule has 0 saturated heterocycles. The minimum atomic E-state index is -0.300. The fourth-order valence-corrected chi connectivity index (χ4v) is 2.85. The molecule has 1 N–H and O–H groups in total. The van der Waals surface area contributed by atoms with Gasteiger partial charge in [0.1, 0.15) is 23.5 Å². The molecular weight excluding hydrogens is 293 g/mol. The number of carbonyl (C=O) groups is 1. The molecule has 0 aromatic heterocycles. The third-order valence-electron chi connectivity index (χ3n) is 4.20. The van der Waals surface area contributed by atoms with E-state index < -0.39 is 0 Å². The molecule has 1 aliphatic rings. The molecule has 2 rings (SSSR count). The molecule has 0 aliphatic heterocycles. The first kappa shape index (κ1) is 17.9. The zero-order chi connectivity index (χ0) is 17.0. The lowest BCUT2D eigenvalue weighted by Gasteiger charge is -2.37. The Morgan fingerprint density at radius 3 is 2.57 bits per heavy atom. The molecule has 0 bridgehead atoms. The number of rotatable bonds is 8. The summed E-state index contributed by atoms with van der Waals surface area (Å²) in [5.41, 5.74) is 0.824. The highest BCUT2D eigenvalue weighted by atomic mass is 19.1. The summed E-state index contributed by atoms with van der Waals surface area (Å²) >= 11 is 0. The Labute approximate surface area is 138 Å². The van der Waals surface area contributed by atoms with E-state index >= 15 is 0 Å². The molecule has 128 valence electrons. The lowest BCUT2D eigenvalue weighted by molar-refractivity contribution is -0.121. The van der Waals surface area contributed by atoms with Crippen molar-refractivity contribution in [2.75, 3.05) is 0 Å². The minimum absolute atomic E-state index is 0.0275. The smallest absolute Gasteiger partial charge is 0.135 e. The molecule has 0 unspecified atom stereocenters. The summed E-state index contributed by atoms with van der Waals surface area (Å²) in [6.07, 6.45) is 3.07. The van der Waals surface area contributed by atoms with Crippen LogP contribution in [0, 0.1) is 11.7 Å². The summed E-state index contributed by atoms with van der Waals surface area (Å²) in [5.74, 6) is 0.508. The van der Waals surface area contributed by atoms with Gasteiger partial charge in [-0.25, -0.2) is 4.39 Å². The van der Waals surface area contributed by atoms with E-state index in [0.717, 1.165) is 18.4 Å². The molecule has 1 aromatic rings. The highest BCUT2D eigenvalue weighted by molar-refractivity contribution is 5.80. The van der Waals surface area contributed by atoms with Crippen molar-refractivity contribution in [1.82, 2.24) is 5.32 Å². The van der Waals surface area contributed by atoms with Crippen LogP contribution in [0.25, 0.3) is 0 Å². The number of aryl methyl sites for hydroxylation is 1. The molecule has 0 spiro atoms. The van der Waals surface area contributed by atoms with Gasteiger partial charge in [0, 0.05) is 30.5 Å². The Hall–Kier alpha value is -1.42. The first-order valence-electron chi connectivity index (χ1n) is 8.58. The number of halogens is 1. The Kier molecular flexibility index (Phi) is 6.17. The average molecular weight is 321 g/mol. The van der Waals surface area contributed by atoms with Crippen LogP contribution in [0.1, 0.15) is 52.5 Å². The molecule has 4 heteroatoms. The summed E-state index contributed by atoms with van der Waals surface area (Å²) in [4.78, 5) is 11.7. The van der Waals surface area contributed by atoms with Gasteiger partial charge >= 0.3 is 0 Å². The van der Waals surface area contributed by atoms with Gasteiger partial charge in [-0.15, -0.1) is 0 Å². The molecule has 1 aliphatic carbocycles. The van der Waals surface area contributed by atoms with Gasteiger partial charge < -0.3 is 10.1 Å². The van der Waals surface area contributed by atoms with Gasteiger partial charge in [0.05, 0.1) is 0 Å². The van der Waals surface area contributed by atoms with Crippen molar-refractivity contribution in [2.24, 2.45) is 5.92 Å². The summed E-state index contributed by atoms with van der Waals surface area (Å²) in [7, 11) is 0. The predicted octanol–water partition coefficient (Wildman–Crippen LogP) is 3.89. The first-order valence-corrected chi connectivity index (χ1v) is 8.58. The van der Waals surface area contributed by atoms with Gasteiger partial charge in [-0.05, 0) is 37.0 Å². The molecule has 1 fully saturated rings. The van der Waals surface area contributed by atoms with E-state index in [1.165, 1.54) is 12.1 Å². The number of hydrogen-bond donors (Lipinski definition) is 1. The molecule has 0 atom stereocenters. The van der Waals surface area contributed by atoms with E-state index in [1.54, 1.807) is 0 Å². The molecule has 0 amide bonds. The van der Waals surface area contributed by atoms with Crippen LogP contribution >= 0.6 is 0 Å². The van der Waals surface area contributed by atoms with Gasteiger partial charge in [0.25, 0.3) is 0 Å². The van der Waals surface area contributed by atoms with Crippen LogP contribution in [-0.2, 0) is 11.2 Å². The van der Waals surface area contributed by atoms with E-state index in [4.69, 9.17) is 4.74 Å². The van der Waals surface area contributed by atoms with Gasteiger partial charge in [0.2, 0.25) is 0 Å². The maximum Gasteiger partial charge on any atom is 0.135 e. The third-order valence-corrected chi connectivity index (χ3v) is 4.20. The number of nitrogens with one attached hydrogen (secondary N) is 1. The summed E-state index contributed by atoms with van der Waals surface area (Å²) in [6.45, 7) is 8.04. The first-order chi connectivity index (χ1) is 10.8. The van der Waals surface area contributed by atoms with Gasteiger partial charge in [-0.3, -0.25) is 4.79 Å². The third kappa shape index (κ3) is 5.61. The molecule has 0 heterocycles. The van der Waals surface area contributed by atoms with Crippen LogP contribution in [0.15, 0.2) is 18.2 Å². The van der Waals surface area contributed by atoms with Gasteiger partial charge in [0.15, 0.2) is 0 Å². The Morgan fingerprint density at radius 1 is 1.26 bits per heavy atom. The fourth-order valence-electron chi connectivity index (χ4n) is 2.85. The van der Waals surface area contributed by atoms with Crippen LogP contribution in [0.4, 0.5) is 4.39 Å². The Morgan fingerprint density at radius 2 is 1.96 bits per heavy atom. The molecule has 1 aromatic carbocycles. The molecule has 23 heavy (non-hydrogen) atoms. The normalized spacial score (nSPS) is 20.7. The number of ketones is 1. The van der Waals surface area contributed by atoms with Crippen LogP contribution in [-0.4, -0.2) is 24.0 Å². The second-order valence-corrected chi connectivity index (χ2v) is 7.15. The zero-order valence-electron chi connectivity index (χ0n) is 14.6. The molecule has 1 saturated carbocycles. The largest absolute Gasteiger partial charge is 0.490 e. The van der Waals surface area contributed by atoms with E-state index in [-0.39, 0.29) is 23.6 Å². The molecule has 3 nitrogen and oxygen atoms in total. The minimum Gasteiger partial charge on any atom is -0.490 e. The van der Waals surface area contributed by atoms with E-state index in [1.807, 2.05) is 19.9 Å². The van der Waals surface area contributed by atoms with Gasteiger partial charge in [-0.2, -0.15) is 0 Å². The van der Waals surface area contributed by atoms with Crippen molar-refractivity contribution in [1.29, 1.82) is 0 Å². The van der Waals surface area contributed by atoms with Crippen LogP contribution < -0.4 is 10.1 Å². The SMILES string of the molecule is CC(C)N[C@H]1C[C@@H](Oc2cc(F)cc(CCC(=O)C(C)C)c2)C1. The lowest BCUT2D eigenvalue weighted by atomic mass is 9.88. The van der Waals surface area contributed by atoms with E-state index in [2.05, 4.69) is 19.2 Å². The number of benzene rings is 1. The van der Waals surface area contributed by atoms with Crippen molar-refractivity contribution in [2.45, 2.75) is 71.6 Å². The number of hydrogen-bond acceptors (Lipinski definition) is 3. The van der Waals surface area contributed by atoms with Crippen LogP contribution in [0.3, 0.4) is 0 Å². The highest BCUT2D eigenvalue weighted by Crippen LogP contribution is 2.28. The van der Waals surface area contributed by atoms with Crippen molar-refractivity contribution in [3.05, 3.63) is 29.6 Å². The van der Waals surface area contributed by atoms with Crippen LogP contribution in [0.5, 0.6) is 5.75 Å². The van der Waals surface area contributed by atoms with Crippen molar-refractivity contribution >= 4 is 5.78 Å². The monoisotopic (exact) mass is 321 g/mol. The second kappa shape index (κ2) is 7.91. The van der Waals surface area contributed by atoms with Crippen LogP contribution in [0.2, 0.25) is 0 Å². The van der Waals surface area contributed by atoms with Crippen molar-refractivity contribution < 1.29 is 13.9 Å². The van der Waals surface area contributed by atoms with Gasteiger partial charge in [-0.1, -0.05) is 27.7 Å². The fraction of sp³-hybridized carbons (Fsp3) is 0.632. The van der Waals surface area contributed by atoms with E-state index in [9.17, 15) is 9.18 Å². The average Bonchev–Trinajstić information content (AvgIpc) is 2.41. The molecule has 0 radical (unpaired) electrons.